The Bertz CT molecular complexity index is 425. The van der Waals surface area contributed by atoms with Crippen LogP contribution in [0.3, 0.4) is 0 Å². The van der Waals surface area contributed by atoms with Crippen LogP contribution in [0.1, 0.15) is 49.8 Å². The van der Waals surface area contributed by atoms with Crippen molar-refractivity contribution >= 4 is 0 Å². The molecule has 2 aliphatic rings. The maximum atomic E-state index is 5.50. The summed E-state index contributed by atoms with van der Waals surface area (Å²) in [5.41, 5.74) is 3.11. The number of aryl methyl sites for hydroxylation is 1. The summed E-state index contributed by atoms with van der Waals surface area (Å²) in [6.07, 6.45) is 6.49. The predicted molar refractivity (Wildman–Crippen MR) is 82.8 cm³/mol. The van der Waals surface area contributed by atoms with Crippen LogP contribution < -0.4 is 5.32 Å². The Morgan fingerprint density at radius 1 is 1.15 bits per heavy atom. The molecule has 3 rings (SSSR count). The van der Waals surface area contributed by atoms with Crippen LogP contribution >= 0.6 is 0 Å². The summed E-state index contributed by atoms with van der Waals surface area (Å²) in [7, 11) is 0. The van der Waals surface area contributed by atoms with Gasteiger partial charge in [0.2, 0.25) is 0 Å². The third-order valence-electron chi connectivity index (χ3n) is 5.05. The lowest BCUT2D eigenvalue weighted by Crippen LogP contribution is -2.34. The Morgan fingerprint density at radius 3 is 2.75 bits per heavy atom. The normalized spacial score (nSPS) is 27.2. The van der Waals surface area contributed by atoms with Gasteiger partial charge in [0.15, 0.2) is 0 Å². The number of rotatable bonds is 4. The van der Waals surface area contributed by atoms with Crippen molar-refractivity contribution in [2.24, 2.45) is 11.8 Å². The van der Waals surface area contributed by atoms with E-state index in [-0.39, 0.29) is 0 Å². The summed E-state index contributed by atoms with van der Waals surface area (Å²) in [6.45, 7) is 5.23. The minimum atomic E-state index is 0.563. The molecule has 2 heteroatoms. The van der Waals surface area contributed by atoms with E-state index in [4.69, 9.17) is 4.74 Å². The standard InChI is InChI=1S/C18H27NO/c1-2-19-18-16(13-14-9-11-20-12-10-14)8-7-15-5-3-4-6-17(15)18/h3-6,14,16,18-19H,2,7-13H2,1H3. The predicted octanol–water partition coefficient (Wildman–Crippen LogP) is 3.72. The zero-order valence-corrected chi connectivity index (χ0v) is 12.6. The average Bonchev–Trinajstić information content (AvgIpc) is 2.51. The van der Waals surface area contributed by atoms with Gasteiger partial charge in [-0.05, 0) is 61.6 Å². The zero-order chi connectivity index (χ0) is 13.8. The minimum Gasteiger partial charge on any atom is -0.381 e. The van der Waals surface area contributed by atoms with E-state index in [0.717, 1.165) is 31.6 Å². The van der Waals surface area contributed by atoms with Crippen molar-refractivity contribution in [2.45, 2.75) is 45.1 Å². The Balaban J connectivity index is 1.73. The molecule has 2 unspecified atom stereocenters. The molecular weight excluding hydrogens is 246 g/mol. The molecule has 110 valence electrons. The Kier molecular flexibility index (Phi) is 4.74. The molecule has 0 saturated carbocycles. The second-order valence-corrected chi connectivity index (χ2v) is 6.32. The van der Waals surface area contributed by atoms with E-state index in [9.17, 15) is 0 Å². The molecular formula is C18H27NO. The van der Waals surface area contributed by atoms with Crippen LogP contribution in [-0.4, -0.2) is 19.8 Å². The van der Waals surface area contributed by atoms with Crippen LogP contribution in [0, 0.1) is 11.8 Å². The molecule has 1 fully saturated rings. The zero-order valence-electron chi connectivity index (χ0n) is 12.6. The second-order valence-electron chi connectivity index (χ2n) is 6.32. The van der Waals surface area contributed by atoms with Crippen molar-refractivity contribution < 1.29 is 4.74 Å². The number of hydrogen-bond acceptors (Lipinski definition) is 2. The van der Waals surface area contributed by atoms with Gasteiger partial charge >= 0.3 is 0 Å². The van der Waals surface area contributed by atoms with Crippen LogP contribution in [0.4, 0.5) is 0 Å². The highest BCUT2D eigenvalue weighted by Gasteiger charge is 2.30. The van der Waals surface area contributed by atoms with Crippen molar-refractivity contribution in [3.05, 3.63) is 35.4 Å². The number of nitrogens with one attached hydrogen (secondary N) is 1. The monoisotopic (exact) mass is 273 g/mol. The number of ether oxygens (including phenoxy) is 1. The Labute approximate surface area is 122 Å². The van der Waals surface area contributed by atoms with Crippen LogP contribution in [0.25, 0.3) is 0 Å². The quantitative estimate of drug-likeness (QED) is 0.903. The highest BCUT2D eigenvalue weighted by Crippen LogP contribution is 2.39. The van der Waals surface area contributed by atoms with Gasteiger partial charge in [-0.3, -0.25) is 0 Å². The van der Waals surface area contributed by atoms with E-state index in [1.165, 1.54) is 32.1 Å². The van der Waals surface area contributed by atoms with Crippen molar-refractivity contribution in [1.29, 1.82) is 0 Å². The van der Waals surface area contributed by atoms with Crippen molar-refractivity contribution in [1.82, 2.24) is 5.32 Å². The first-order valence-electron chi connectivity index (χ1n) is 8.27. The van der Waals surface area contributed by atoms with E-state index in [0.29, 0.717) is 6.04 Å². The third-order valence-corrected chi connectivity index (χ3v) is 5.05. The fourth-order valence-corrected chi connectivity index (χ4v) is 3.99. The molecule has 1 heterocycles. The van der Waals surface area contributed by atoms with Gasteiger partial charge in [0, 0.05) is 19.3 Å². The summed E-state index contributed by atoms with van der Waals surface area (Å²) in [6, 6.07) is 9.58. The van der Waals surface area contributed by atoms with Gasteiger partial charge < -0.3 is 10.1 Å². The number of benzene rings is 1. The van der Waals surface area contributed by atoms with Gasteiger partial charge in [0.25, 0.3) is 0 Å². The fourth-order valence-electron chi connectivity index (χ4n) is 3.99. The molecule has 1 N–H and O–H groups in total. The minimum absolute atomic E-state index is 0.563. The summed E-state index contributed by atoms with van der Waals surface area (Å²) in [5, 5.41) is 3.75. The van der Waals surface area contributed by atoms with Crippen LogP contribution in [0.5, 0.6) is 0 Å². The molecule has 0 bridgehead atoms. The van der Waals surface area contributed by atoms with Gasteiger partial charge in [0.05, 0.1) is 0 Å². The SMILES string of the molecule is CCNC1c2ccccc2CCC1CC1CCOCC1. The van der Waals surface area contributed by atoms with Gasteiger partial charge in [-0.15, -0.1) is 0 Å². The molecule has 1 aliphatic heterocycles. The first-order valence-corrected chi connectivity index (χ1v) is 8.27. The first-order chi connectivity index (χ1) is 9.88. The Hall–Kier alpha value is -0.860. The highest BCUT2D eigenvalue weighted by atomic mass is 16.5. The smallest absolute Gasteiger partial charge is 0.0468 e. The summed E-state index contributed by atoms with van der Waals surface area (Å²) in [4.78, 5) is 0. The topological polar surface area (TPSA) is 21.3 Å². The van der Waals surface area contributed by atoms with Gasteiger partial charge in [-0.2, -0.15) is 0 Å². The van der Waals surface area contributed by atoms with Gasteiger partial charge in [-0.25, -0.2) is 0 Å². The van der Waals surface area contributed by atoms with Crippen LogP contribution in [0.2, 0.25) is 0 Å². The van der Waals surface area contributed by atoms with E-state index < -0.39 is 0 Å². The van der Waals surface area contributed by atoms with Crippen molar-refractivity contribution in [2.75, 3.05) is 19.8 Å². The molecule has 1 aromatic rings. The lowest BCUT2D eigenvalue weighted by Gasteiger charge is -2.37. The fraction of sp³-hybridized carbons (Fsp3) is 0.667. The van der Waals surface area contributed by atoms with E-state index in [1.807, 2.05) is 0 Å². The first kappa shape index (κ1) is 14.1. The molecule has 1 saturated heterocycles. The van der Waals surface area contributed by atoms with Gasteiger partial charge in [-0.1, -0.05) is 31.2 Å². The molecule has 20 heavy (non-hydrogen) atoms. The third kappa shape index (κ3) is 3.07. The van der Waals surface area contributed by atoms with E-state index in [1.54, 1.807) is 11.1 Å². The molecule has 0 aromatic heterocycles. The number of fused-ring (bicyclic) bond motifs is 1. The molecule has 1 aromatic carbocycles. The summed E-state index contributed by atoms with van der Waals surface area (Å²) < 4.78 is 5.50. The largest absolute Gasteiger partial charge is 0.381 e. The maximum Gasteiger partial charge on any atom is 0.0468 e. The summed E-state index contributed by atoms with van der Waals surface area (Å²) >= 11 is 0. The molecule has 0 spiro atoms. The van der Waals surface area contributed by atoms with E-state index in [2.05, 4.69) is 36.5 Å². The van der Waals surface area contributed by atoms with Crippen LogP contribution in [0.15, 0.2) is 24.3 Å². The lowest BCUT2D eigenvalue weighted by atomic mass is 9.74. The van der Waals surface area contributed by atoms with Crippen LogP contribution in [-0.2, 0) is 11.2 Å². The summed E-state index contributed by atoms with van der Waals surface area (Å²) in [5.74, 6) is 1.67. The lowest BCUT2D eigenvalue weighted by molar-refractivity contribution is 0.0548. The van der Waals surface area contributed by atoms with Gasteiger partial charge in [0.1, 0.15) is 0 Å². The molecule has 0 radical (unpaired) electrons. The van der Waals surface area contributed by atoms with E-state index >= 15 is 0 Å². The average molecular weight is 273 g/mol. The van der Waals surface area contributed by atoms with Crippen molar-refractivity contribution in [3.8, 4) is 0 Å². The molecule has 2 atom stereocenters. The second kappa shape index (κ2) is 6.73. The maximum absolute atomic E-state index is 5.50. The molecule has 2 nitrogen and oxygen atoms in total. The number of hydrogen-bond donors (Lipinski definition) is 1. The molecule has 0 amide bonds. The Morgan fingerprint density at radius 2 is 1.95 bits per heavy atom. The molecule has 1 aliphatic carbocycles. The van der Waals surface area contributed by atoms with Crippen molar-refractivity contribution in [3.63, 3.8) is 0 Å². The highest BCUT2D eigenvalue weighted by molar-refractivity contribution is 5.33.